The SMILES string of the molecule is COc1cccnc1-c1cnn(C)c1C(=O)[O-].[Na+]. The molecule has 6 nitrogen and oxygen atoms in total. The molecule has 0 fully saturated rings. The van der Waals surface area contributed by atoms with E-state index in [4.69, 9.17) is 4.74 Å². The molecule has 0 spiro atoms. The Morgan fingerprint density at radius 2 is 2.22 bits per heavy atom. The molecule has 0 saturated carbocycles. The maximum atomic E-state index is 11.0. The van der Waals surface area contributed by atoms with Gasteiger partial charge in [0.25, 0.3) is 0 Å². The topological polar surface area (TPSA) is 80.1 Å². The Labute approximate surface area is 126 Å². The Kier molecular flexibility index (Phi) is 4.89. The molecule has 7 heteroatoms. The van der Waals surface area contributed by atoms with Crippen molar-refractivity contribution in [2.24, 2.45) is 7.05 Å². The predicted octanol–water partition coefficient (Wildman–Crippen LogP) is -3.14. The second-order valence-electron chi connectivity index (χ2n) is 3.37. The van der Waals surface area contributed by atoms with E-state index in [1.165, 1.54) is 25.0 Å². The van der Waals surface area contributed by atoms with Crippen LogP contribution in [0.1, 0.15) is 10.5 Å². The van der Waals surface area contributed by atoms with E-state index >= 15 is 0 Å². The van der Waals surface area contributed by atoms with Crippen molar-refractivity contribution in [1.82, 2.24) is 14.8 Å². The van der Waals surface area contributed by atoms with Gasteiger partial charge in [0.2, 0.25) is 0 Å². The normalized spacial score (nSPS) is 9.67. The fraction of sp³-hybridized carbons (Fsp3) is 0.182. The number of methoxy groups -OCH3 is 1. The molecule has 2 aromatic rings. The van der Waals surface area contributed by atoms with Gasteiger partial charge < -0.3 is 14.6 Å². The van der Waals surface area contributed by atoms with Gasteiger partial charge in [-0.15, -0.1) is 0 Å². The first kappa shape index (κ1) is 14.7. The van der Waals surface area contributed by atoms with Gasteiger partial charge in [-0.25, -0.2) is 0 Å². The zero-order valence-corrected chi connectivity index (χ0v) is 12.4. The molecule has 0 atom stereocenters. The van der Waals surface area contributed by atoms with Crippen molar-refractivity contribution in [2.75, 3.05) is 7.11 Å². The molecular formula is C11H10N3NaO3. The van der Waals surface area contributed by atoms with E-state index in [-0.39, 0.29) is 35.3 Å². The molecule has 0 aromatic carbocycles. The Bertz CT molecular complexity index is 568. The molecule has 0 amide bonds. The second-order valence-corrected chi connectivity index (χ2v) is 3.37. The molecule has 0 unspecified atom stereocenters. The van der Waals surface area contributed by atoms with Crippen LogP contribution in [0.15, 0.2) is 24.5 Å². The summed E-state index contributed by atoms with van der Waals surface area (Å²) < 4.78 is 6.37. The first-order valence-electron chi connectivity index (χ1n) is 4.88. The van der Waals surface area contributed by atoms with Crippen LogP contribution in [0.2, 0.25) is 0 Å². The Morgan fingerprint density at radius 3 is 2.83 bits per heavy atom. The molecule has 2 heterocycles. The van der Waals surface area contributed by atoms with E-state index in [1.54, 1.807) is 18.3 Å². The van der Waals surface area contributed by atoms with Gasteiger partial charge in [-0.2, -0.15) is 5.10 Å². The van der Waals surface area contributed by atoms with Crippen LogP contribution >= 0.6 is 0 Å². The third kappa shape index (κ3) is 2.55. The smallest absolute Gasteiger partial charge is 0.543 e. The summed E-state index contributed by atoms with van der Waals surface area (Å²) in [4.78, 5) is 15.1. The maximum absolute atomic E-state index is 11.0. The molecular weight excluding hydrogens is 245 g/mol. The van der Waals surface area contributed by atoms with Crippen molar-refractivity contribution in [1.29, 1.82) is 0 Å². The summed E-state index contributed by atoms with van der Waals surface area (Å²) in [6, 6.07) is 3.41. The summed E-state index contributed by atoms with van der Waals surface area (Å²) in [6.45, 7) is 0. The van der Waals surface area contributed by atoms with Crippen molar-refractivity contribution in [3.8, 4) is 17.0 Å². The zero-order chi connectivity index (χ0) is 12.4. The van der Waals surface area contributed by atoms with Crippen molar-refractivity contribution in [2.45, 2.75) is 0 Å². The minimum Gasteiger partial charge on any atom is -0.543 e. The summed E-state index contributed by atoms with van der Waals surface area (Å²) in [5, 5.41) is 14.9. The van der Waals surface area contributed by atoms with Gasteiger partial charge in [-0.05, 0) is 12.1 Å². The van der Waals surface area contributed by atoms with Crippen molar-refractivity contribution < 1.29 is 44.2 Å². The number of nitrogens with zero attached hydrogens (tertiary/aromatic N) is 3. The van der Waals surface area contributed by atoms with Gasteiger partial charge in [0.1, 0.15) is 11.4 Å². The summed E-state index contributed by atoms with van der Waals surface area (Å²) in [5.41, 5.74) is 0.786. The second kappa shape index (κ2) is 5.99. The van der Waals surface area contributed by atoms with E-state index < -0.39 is 5.97 Å². The van der Waals surface area contributed by atoms with E-state index in [9.17, 15) is 9.90 Å². The molecule has 18 heavy (non-hydrogen) atoms. The molecule has 0 aliphatic carbocycles. The molecule has 2 rings (SSSR count). The fourth-order valence-corrected chi connectivity index (χ4v) is 1.61. The number of hydrogen-bond donors (Lipinski definition) is 0. The van der Waals surface area contributed by atoms with E-state index in [2.05, 4.69) is 10.1 Å². The summed E-state index contributed by atoms with van der Waals surface area (Å²) >= 11 is 0. The Hall–Kier alpha value is -1.37. The van der Waals surface area contributed by atoms with Crippen LogP contribution in [0.25, 0.3) is 11.3 Å². The minimum absolute atomic E-state index is 0. The number of carbonyl (C=O) groups is 1. The quantitative estimate of drug-likeness (QED) is 0.541. The predicted molar refractivity (Wildman–Crippen MR) is 57.3 cm³/mol. The molecule has 0 saturated heterocycles. The van der Waals surface area contributed by atoms with Crippen LogP contribution in [-0.2, 0) is 7.05 Å². The van der Waals surface area contributed by atoms with Gasteiger partial charge in [-0.1, -0.05) is 0 Å². The molecule has 0 bridgehead atoms. The molecule has 0 radical (unpaired) electrons. The zero-order valence-electron chi connectivity index (χ0n) is 10.4. The molecule has 0 aliphatic rings. The van der Waals surface area contributed by atoms with Crippen LogP contribution < -0.4 is 39.4 Å². The third-order valence-corrected chi connectivity index (χ3v) is 2.38. The molecule has 0 aliphatic heterocycles. The van der Waals surface area contributed by atoms with E-state index in [0.717, 1.165) is 0 Å². The number of aryl methyl sites for hydroxylation is 1. The van der Waals surface area contributed by atoms with Gasteiger partial charge in [0.05, 0.1) is 30.5 Å². The van der Waals surface area contributed by atoms with Crippen molar-refractivity contribution in [3.63, 3.8) is 0 Å². The van der Waals surface area contributed by atoms with Crippen molar-refractivity contribution >= 4 is 5.97 Å². The number of aromatic carboxylic acids is 1. The molecule has 0 N–H and O–H groups in total. The Morgan fingerprint density at radius 1 is 1.50 bits per heavy atom. The number of hydrogen-bond acceptors (Lipinski definition) is 5. The van der Waals surface area contributed by atoms with Crippen LogP contribution in [0.5, 0.6) is 5.75 Å². The van der Waals surface area contributed by atoms with E-state index in [1.807, 2.05) is 0 Å². The summed E-state index contributed by atoms with van der Waals surface area (Å²) in [7, 11) is 3.03. The fourth-order valence-electron chi connectivity index (χ4n) is 1.61. The number of carbonyl (C=O) groups excluding carboxylic acids is 1. The van der Waals surface area contributed by atoms with Gasteiger partial charge in [-0.3, -0.25) is 9.67 Å². The van der Waals surface area contributed by atoms with E-state index in [0.29, 0.717) is 17.0 Å². The number of ether oxygens (including phenoxy) is 1. The van der Waals surface area contributed by atoms with Crippen LogP contribution in [0.3, 0.4) is 0 Å². The molecule has 88 valence electrons. The van der Waals surface area contributed by atoms with Crippen LogP contribution in [-0.4, -0.2) is 27.8 Å². The standard InChI is InChI=1S/C11H11N3O3.Na/c1-14-10(11(15)16)7(6-13-14)9-8(17-2)4-3-5-12-9;/h3-6H,1-2H3,(H,15,16);/q;+1/p-1. The molecule has 2 aromatic heterocycles. The van der Waals surface area contributed by atoms with Crippen LogP contribution in [0, 0.1) is 0 Å². The summed E-state index contributed by atoms with van der Waals surface area (Å²) in [5.74, 6) is -0.810. The average Bonchev–Trinajstić information content (AvgIpc) is 2.71. The Balaban J connectivity index is 0.00000162. The number of rotatable bonds is 3. The third-order valence-electron chi connectivity index (χ3n) is 2.38. The van der Waals surface area contributed by atoms with Crippen LogP contribution in [0.4, 0.5) is 0 Å². The number of aromatic nitrogens is 3. The van der Waals surface area contributed by atoms with Gasteiger partial charge in [0.15, 0.2) is 0 Å². The minimum atomic E-state index is -1.30. The first-order chi connectivity index (χ1) is 8.15. The first-order valence-corrected chi connectivity index (χ1v) is 4.88. The number of pyridine rings is 1. The number of carboxylic acids is 1. The number of carboxylic acid groups (broad SMARTS) is 1. The summed E-state index contributed by atoms with van der Waals surface area (Å²) in [6.07, 6.45) is 2.99. The van der Waals surface area contributed by atoms with Crippen molar-refractivity contribution in [3.05, 3.63) is 30.2 Å². The maximum Gasteiger partial charge on any atom is 1.00 e. The monoisotopic (exact) mass is 255 g/mol. The largest absolute Gasteiger partial charge is 1.00 e. The van der Waals surface area contributed by atoms with Gasteiger partial charge in [0, 0.05) is 13.2 Å². The average molecular weight is 255 g/mol. The van der Waals surface area contributed by atoms with Gasteiger partial charge >= 0.3 is 29.6 Å².